The number of aromatic nitrogens is 2. The van der Waals surface area contributed by atoms with E-state index in [1.807, 2.05) is 0 Å². The summed E-state index contributed by atoms with van der Waals surface area (Å²) in [6.07, 6.45) is 4.49. The molecule has 0 unspecified atom stereocenters. The highest BCUT2D eigenvalue weighted by atomic mass is 32.2. The Labute approximate surface area is 147 Å². The Morgan fingerprint density at radius 1 is 1.25 bits per heavy atom. The van der Waals surface area contributed by atoms with Gasteiger partial charge in [-0.2, -0.15) is 0 Å². The number of piperidine rings is 1. The topological polar surface area (TPSA) is 104 Å². The molecule has 0 atom stereocenters. The number of carbonyl (C=O) groups is 1. The van der Waals surface area contributed by atoms with Crippen LogP contribution in [0.25, 0.3) is 0 Å². The van der Waals surface area contributed by atoms with Crippen LogP contribution in [0.15, 0.2) is 4.34 Å². The van der Waals surface area contributed by atoms with E-state index in [0.717, 1.165) is 37.4 Å². The lowest BCUT2D eigenvalue weighted by Gasteiger charge is -2.26. The van der Waals surface area contributed by atoms with Gasteiger partial charge in [-0.3, -0.25) is 4.79 Å². The lowest BCUT2D eigenvalue weighted by molar-refractivity contribution is -0.118. The minimum atomic E-state index is -3.67. The normalized spacial score (nSPS) is 16.5. The van der Waals surface area contributed by atoms with Gasteiger partial charge in [0.2, 0.25) is 15.4 Å². The first-order chi connectivity index (χ1) is 11.4. The predicted octanol–water partition coefficient (Wildman–Crippen LogP) is 1.29. The molecular formula is C14H25N5O3S2. The van der Waals surface area contributed by atoms with Crippen LogP contribution in [0.4, 0.5) is 5.13 Å². The number of likely N-dealkylation sites (tertiary alicyclic amines) is 1. The van der Waals surface area contributed by atoms with Crippen molar-refractivity contribution in [2.75, 3.05) is 31.5 Å². The van der Waals surface area contributed by atoms with Crippen LogP contribution in [0.1, 0.15) is 39.5 Å². The molecule has 1 aromatic rings. The van der Waals surface area contributed by atoms with E-state index in [0.29, 0.717) is 6.54 Å². The molecule has 0 radical (unpaired) electrons. The molecule has 1 aromatic heterocycles. The smallest absolute Gasteiger partial charge is 0.269 e. The number of sulfonamides is 1. The van der Waals surface area contributed by atoms with Crippen molar-refractivity contribution < 1.29 is 13.2 Å². The van der Waals surface area contributed by atoms with Gasteiger partial charge in [0.1, 0.15) is 0 Å². The van der Waals surface area contributed by atoms with Gasteiger partial charge in [-0.15, -0.1) is 10.2 Å². The number of hydrogen-bond donors (Lipinski definition) is 2. The van der Waals surface area contributed by atoms with Gasteiger partial charge < -0.3 is 10.2 Å². The Morgan fingerprint density at radius 2 is 1.96 bits per heavy atom. The van der Waals surface area contributed by atoms with Crippen molar-refractivity contribution in [2.45, 2.75) is 43.9 Å². The summed E-state index contributed by atoms with van der Waals surface area (Å²) in [5.41, 5.74) is 0. The largest absolute Gasteiger partial charge is 0.303 e. The third-order valence-corrected chi connectivity index (χ3v) is 6.45. The summed E-state index contributed by atoms with van der Waals surface area (Å²) in [5.74, 6) is -0.425. The van der Waals surface area contributed by atoms with Crippen LogP contribution in [-0.2, 0) is 14.8 Å². The highest BCUT2D eigenvalue weighted by Crippen LogP contribution is 2.20. The van der Waals surface area contributed by atoms with Crippen LogP contribution < -0.4 is 10.0 Å². The SMILES string of the molecule is CC(C)C(=O)Nc1nnc(S(=O)(=O)NCCCN2CCCCC2)s1. The average molecular weight is 376 g/mol. The Morgan fingerprint density at radius 3 is 2.62 bits per heavy atom. The fraction of sp³-hybridized carbons (Fsp3) is 0.786. The number of nitrogens with zero attached hydrogens (tertiary/aromatic N) is 3. The molecule has 2 N–H and O–H groups in total. The van der Waals surface area contributed by atoms with Crippen molar-refractivity contribution in [1.82, 2.24) is 19.8 Å². The summed E-state index contributed by atoms with van der Waals surface area (Å²) in [4.78, 5) is 14.0. The highest BCUT2D eigenvalue weighted by Gasteiger charge is 2.21. The molecule has 0 bridgehead atoms. The molecule has 1 aliphatic heterocycles. The van der Waals surface area contributed by atoms with Crippen LogP contribution in [0.5, 0.6) is 0 Å². The quantitative estimate of drug-likeness (QED) is 0.524. The number of nitrogens with one attached hydrogen (secondary N) is 2. The third kappa shape index (κ3) is 5.76. The lowest BCUT2D eigenvalue weighted by atomic mass is 10.1. The van der Waals surface area contributed by atoms with Crippen molar-refractivity contribution in [1.29, 1.82) is 0 Å². The summed E-state index contributed by atoms with van der Waals surface area (Å²) in [6, 6.07) is 0. The zero-order chi connectivity index (χ0) is 17.6. The number of rotatable bonds is 8. The Kier molecular flexibility index (Phi) is 7.08. The Bertz CT molecular complexity index is 639. The van der Waals surface area contributed by atoms with E-state index in [2.05, 4.69) is 25.1 Å². The molecule has 2 rings (SSSR count). The number of carbonyl (C=O) groups excluding carboxylic acids is 1. The van der Waals surface area contributed by atoms with Gasteiger partial charge in [0.25, 0.3) is 10.0 Å². The molecule has 24 heavy (non-hydrogen) atoms. The van der Waals surface area contributed by atoms with Crippen LogP contribution in [-0.4, -0.2) is 55.6 Å². The summed E-state index contributed by atoms with van der Waals surface area (Å²) in [5, 5.41) is 10.1. The summed E-state index contributed by atoms with van der Waals surface area (Å²) >= 11 is 0.857. The van der Waals surface area contributed by atoms with Gasteiger partial charge in [-0.05, 0) is 38.9 Å². The van der Waals surface area contributed by atoms with E-state index >= 15 is 0 Å². The molecule has 0 aromatic carbocycles. The highest BCUT2D eigenvalue weighted by molar-refractivity contribution is 7.91. The molecule has 0 saturated carbocycles. The summed E-state index contributed by atoms with van der Waals surface area (Å²) in [7, 11) is -3.67. The zero-order valence-corrected chi connectivity index (χ0v) is 15.8. The van der Waals surface area contributed by atoms with E-state index in [-0.39, 0.29) is 21.3 Å². The molecule has 2 heterocycles. The predicted molar refractivity (Wildman–Crippen MR) is 93.5 cm³/mol. The van der Waals surface area contributed by atoms with Crippen molar-refractivity contribution >= 4 is 32.4 Å². The van der Waals surface area contributed by atoms with Crippen LogP contribution >= 0.6 is 11.3 Å². The van der Waals surface area contributed by atoms with Crippen molar-refractivity contribution in [3.05, 3.63) is 0 Å². The van der Waals surface area contributed by atoms with E-state index < -0.39 is 10.0 Å². The summed E-state index contributed by atoms with van der Waals surface area (Å²) in [6.45, 7) is 6.96. The second-order valence-corrected chi connectivity index (χ2v) is 9.09. The average Bonchev–Trinajstić information content (AvgIpc) is 3.02. The second-order valence-electron chi connectivity index (χ2n) is 6.17. The molecule has 0 spiro atoms. The molecular weight excluding hydrogens is 350 g/mol. The van der Waals surface area contributed by atoms with E-state index in [1.54, 1.807) is 13.8 Å². The molecule has 1 amide bonds. The van der Waals surface area contributed by atoms with E-state index in [4.69, 9.17) is 0 Å². The molecule has 1 fully saturated rings. The lowest BCUT2D eigenvalue weighted by Crippen LogP contribution is -2.33. The molecule has 8 nitrogen and oxygen atoms in total. The van der Waals surface area contributed by atoms with Gasteiger partial charge in [0.05, 0.1) is 0 Å². The zero-order valence-electron chi connectivity index (χ0n) is 14.1. The Balaban J connectivity index is 1.79. The van der Waals surface area contributed by atoms with Crippen molar-refractivity contribution in [3.8, 4) is 0 Å². The maximum Gasteiger partial charge on any atom is 0.269 e. The monoisotopic (exact) mass is 375 g/mol. The summed E-state index contributed by atoms with van der Waals surface area (Å²) < 4.78 is 26.8. The first-order valence-corrected chi connectivity index (χ1v) is 10.5. The van der Waals surface area contributed by atoms with Gasteiger partial charge in [0.15, 0.2) is 0 Å². The second kappa shape index (κ2) is 8.84. The molecule has 10 heteroatoms. The fourth-order valence-electron chi connectivity index (χ4n) is 2.37. The minimum absolute atomic E-state index is 0.125. The maximum absolute atomic E-state index is 12.2. The number of hydrogen-bond acceptors (Lipinski definition) is 7. The van der Waals surface area contributed by atoms with Gasteiger partial charge in [0, 0.05) is 12.5 Å². The van der Waals surface area contributed by atoms with Crippen LogP contribution in [0.2, 0.25) is 0 Å². The molecule has 1 aliphatic rings. The third-order valence-electron chi connectivity index (χ3n) is 3.78. The van der Waals surface area contributed by atoms with E-state index in [9.17, 15) is 13.2 Å². The van der Waals surface area contributed by atoms with Gasteiger partial charge in [-0.1, -0.05) is 31.6 Å². The number of amides is 1. The first-order valence-electron chi connectivity index (χ1n) is 8.25. The van der Waals surface area contributed by atoms with Crippen LogP contribution in [0.3, 0.4) is 0 Å². The minimum Gasteiger partial charge on any atom is -0.303 e. The number of anilines is 1. The van der Waals surface area contributed by atoms with Gasteiger partial charge in [-0.25, -0.2) is 13.1 Å². The molecule has 136 valence electrons. The Hall–Kier alpha value is -1.10. The first kappa shape index (κ1) is 19.2. The fourth-order valence-corrected chi connectivity index (χ4v) is 4.39. The van der Waals surface area contributed by atoms with Crippen LogP contribution in [0, 0.1) is 5.92 Å². The molecule has 0 aliphatic carbocycles. The standard InChI is InChI=1S/C14H25N5O3S2/c1-11(2)12(20)16-13-17-18-14(23-13)24(21,22)15-7-6-10-19-8-4-3-5-9-19/h11,15H,3-10H2,1-2H3,(H,16,17,20). The molecule has 1 saturated heterocycles. The maximum atomic E-state index is 12.2. The van der Waals surface area contributed by atoms with E-state index in [1.165, 1.54) is 19.3 Å². The van der Waals surface area contributed by atoms with Gasteiger partial charge >= 0.3 is 0 Å². The van der Waals surface area contributed by atoms with Crippen molar-refractivity contribution in [2.24, 2.45) is 5.92 Å². The van der Waals surface area contributed by atoms with Crippen molar-refractivity contribution in [3.63, 3.8) is 0 Å².